The van der Waals surface area contributed by atoms with Crippen molar-refractivity contribution in [3.8, 4) is 17.0 Å². The second kappa shape index (κ2) is 9.83. The Kier molecular flexibility index (Phi) is 6.35. The summed E-state index contributed by atoms with van der Waals surface area (Å²) in [6, 6.07) is 9.14. The fourth-order valence-corrected chi connectivity index (χ4v) is 5.10. The van der Waals surface area contributed by atoms with E-state index in [9.17, 15) is 8.78 Å². The highest BCUT2D eigenvalue weighted by molar-refractivity contribution is 5.78. The van der Waals surface area contributed by atoms with E-state index in [1.807, 2.05) is 30.9 Å². The zero-order valence-corrected chi connectivity index (χ0v) is 21.7. The third-order valence-corrected chi connectivity index (χ3v) is 7.20. The Morgan fingerprint density at radius 2 is 1.79 bits per heavy atom. The quantitative estimate of drug-likeness (QED) is 0.381. The van der Waals surface area contributed by atoms with Gasteiger partial charge < -0.3 is 23.9 Å². The van der Waals surface area contributed by atoms with E-state index in [2.05, 4.69) is 37.9 Å². The summed E-state index contributed by atoms with van der Waals surface area (Å²) in [5.41, 5.74) is 3.47. The van der Waals surface area contributed by atoms with Crippen LogP contribution in [0.2, 0.25) is 0 Å². The Morgan fingerprint density at radius 1 is 0.974 bits per heavy atom. The van der Waals surface area contributed by atoms with Crippen LogP contribution in [0.15, 0.2) is 40.9 Å². The van der Waals surface area contributed by atoms with Crippen LogP contribution in [0, 0.1) is 11.6 Å². The maximum atomic E-state index is 15.0. The van der Waals surface area contributed by atoms with E-state index in [-0.39, 0.29) is 23.9 Å². The van der Waals surface area contributed by atoms with Crippen molar-refractivity contribution >= 4 is 22.5 Å². The van der Waals surface area contributed by atoms with Gasteiger partial charge in [0.2, 0.25) is 5.89 Å². The lowest BCUT2D eigenvalue weighted by molar-refractivity contribution is 0.287. The molecule has 0 atom stereocenters. The predicted molar refractivity (Wildman–Crippen MR) is 142 cm³/mol. The third kappa shape index (κ3) is 4.64. The zero-order chi connectivity index (χ0) is 26.4. The monoisotopic (exact) mass is 520 g/mol. The molecule has 10 heteroatoms. The summed E-state index contributed by atoms with van der Waals surface area (Å²) in [6.45, 7) is 9.02. The van der Waals surface area contributed by atoms with Gasteiger partial charge in [0.1, 0.15) is 23.6 Å². The zero-order valence-electron chi connectivity index (χ0n) is 21.7. The first kappa shape index (κ1) is 24.5. The van der Waals surface area contributed by atoms with Crippen LogP contribution in [0.4, 0.5) is 20.2 Å². The van der Waals surface area contributed by atoms with Crippen molar-refractivity contribution in [3.63, 3.8) is 0 Å². The van der Waals surface area contributed by atoms with Gasteiger partial charge in [-0.15, -0.1) is 0 Å². The number of oxazole rings is 1. The molecule has 0 unspecified atom stereocenters. The first-order valence-corrected chi connectivity index (χ1v) is 12.9. The summed E-state index contributed by atoms with van der Waals surface area (Å²) in [5.74, 6) is -0.218. The Balaban J connectivity index is 1.28. The molecule has 4 heterocycles. The molecule has 4 aromatic rings. The lowest BCUT2D eigenvalue weighted by atomic mass is 10.1. The Labute approximate surface area is 219 Å². The fourth-order valence-electron chi connectivity index (χ4n) is 5.10. The van der Waals surface area contributed by atoms with Crippen molar-refractivity contribution in [1.29, 1.82) is 0 Å². The average Bonchev–Trinajstić information content (AvgIpc) is 3.31. The standard InChI is InChI=1S/C28H30F2N6O2/c1-17(2)36-10-11-37-28-20(29)12-18(13-23(28)36)27-21(30)16-31-25(33-27)15-26-32-22-5-4-19(14-24(22)38-26)35-8-6-34(3)7-9-35/h4-5,12-14,16-17H,6-11,15H2,1-3H3. The van der Waals surface area contributed by atoms with Gasteiger partial charge in [-0.3, -0.25) is 0 Å². The van der Waals surface area contributed by atoms with E-state index < -0.39 is 11.6 Å². The van der Waals surface area contributed by atoms with E-state index in [0.717, 1.165) is 43.6 Å². The van der Waals surface area contributed by atoms with E-state index in [0.29, 0.717) is 41.7 Å². The Bertz CT molecular complexity index is 1480. The van der Waals surface area contributed by atoms with E-state index in [1.165, 1.54) is 6.07 Å². The largest absolute Gasteiger partial charge is 0.486 e. The number of benzene rings is 2. The number of hydrogen-bond donors (Lipinski definition) is 0. The molecule has 8 nitrogen and oxygen atoms in total. The highest BCUT2D eigenvalue weighted by Crippen LogP contribution is 2.39. The molecule has 0 bridgehead atoms. The number of piperazine rings is 1. The Morgan fingerprint density at radius 3 is 2.58 bits per heavy atom. The summed E-state index contributed by atoms with van der Waals surface area (Å²) in [4.78, 5) is 19.9. The SMILES string of the molecule is CC(C)N1CCOc2c(F)cc(-c3nc(Cc4nc5ccc(N6CCN(C)CC6)cc5o4)ncc3F)cc21. The minimum absolute atomic E-state index is 0.0273. The number of hydrogen-bond acceptors (Lipinski definition) is 8. The lowest BCUT2D eigenvalue weighted by Crippen LogP contribution is -2.44. The van der Waals surface area contributed by atoms with Gasteiger partial charge in [0, 0.05) is 49.5 Å². The number of halogens is 2. The molecule has 0 radical (unpaired) electrons. The van der Waals surface area contributed by atoms with Gasteiger partial charge in [0.15, 0.2) is 23.0 Å². The molecule has 2 aromatic heterocycles. The lowest BCUT2D eigenvalue weighted by Gasteiger charge is -2.34. The van der Waals surface area contributed by atoms with Gasteiger partial charge in [-0.05, 0) is 45.2 Å². The smallest absolute Gasteiger partial charge is 0.203 e. The predicted octanol–water partition coefficient (Wildman–Crippen LogP) is 4.51. The first-order chi connectivity index (χ1) is 18.4. The maximum Gasteiger partial charge on any atom is 0.203 e. The van der Waals surface area contributed by atoms with Crippen LogP contribution in [-0.4, -0.2) is 72.3 Å². The molecule has 1 fully saturated rings. The number of fused-ring (bicyclic) bond motifs is 2. The van der Waals surface area contributed by atoms with Crippen molar-refractivity contribution in [2.24, 2.45) is 0 Å². The summed E-state index contributed by atoms with van der Waals surface area (Å²) >= 11 is 0. The molecule has 2 aliphatic heterocycles. The minimum atomic E-state index is -0.629. The Hall–Kier alpha value is -3.79. The van der Waals surface area contributed by atoms with Crippen LogP contribution in [0.1, 0.15) is 25.6 Å². The van der Waals surface area contributed by atoms with Gasteiger partial charge in [-0.2, -0.15) is 0 Å². The highest BCUT2D eigenvalue weighted by Gasteiger charge is 2.26. The average molecular weight is 521 g/mol. The van der Waals surface area contributed by atoms with Crippen molar-refractivity contribution in [2.45, 2.75) is 26.3 Å². The highest BCUT2D eigenvalue weighted by atomic mass is 19.1. The van der Waals surface area contributed by atoms with Crippen molar-refractivity contribution in [3.05, 3.63) is 59.9 Å². The number of nitrogens with zero attached hydrogens (tertiary/aromatic N) is 6. The summed E-state index contributed by atoms with van der Waals surface area (Å²) < 4.78 is 41.5. The van der Waals surface area contributed by atoms with Gasteiger partial charge >= 0.3 is 0 Å². The summed E-state index contributed by atoms with van der Waals surface area (Å²) in [5, 5.41) is 0. The molecule has 0 spiro atoms. The molecular formula is C28H30F2N6O2. The topological polar surface area (TPSA) is 70.8 Å². The molecular weight excluding hydrogens is 490 g/mol. The number of rotatable bonds is 5. The summed E-state index contributed by atoms with van der Waals surface area (Å²) in [6.07, 6.45) is 1.29. The van der Waals surface area contributed by atoms with Crippen LogP contribution in [-0.2, 0) is 6.42 Å². The van der Waals surface area contributed by atoms with Crippen LogP contribution in [0.3, 0.4) is 0 Å². The molecule has 38 heavy (non-hydrogen) atoms. The first-order valence-electron chi connectivity index (χ1n) is 12.9. The van der Waals surface area contributed by atoms with Crippen LogP contribution in [0.25, 0.3) is 22.4 Å². The summed E-state index contributed by atoms with van der Waals surface area (Å²) in [7, 11) is 2.13. The molecule has 2 aromatic carbocycles. The number of aromatic nitrogens is 3. The fraction of sp³-hybridized carbons (Fsp3) is 0.393. The van der Waals surface area contributed by atoms with Gasteiger partial charge in [0.25, 0.3) is 0 Å². The molecule has 0 aliphatic carbocycles. The van der Waals surface area contributed by atoms with Crippen molar-refractivity contribution in [1.82, 2.24) is 19.9 Å². The van der Waals surface area contributed by atoms with E-state index in [4.69, 9.17) is 9.15 Å². The van der Waals surface area contributed by atoms with Crippen LogP contribution >= 0.6 is 0 Å². The second-order valence-corrected chi connectivity index (χ2v) is 10.2. The minimum Gasteiger partial charge on any atom is -0.486 e. The van der Waals surface area contributed by atoms with Gasteiger partial charge in [-0.1, -0.05) is 0 Å². The van der Waals surface area contributed by atoms with Crippen LogP contribution < -0.4 is 14.5 Å². The number of ether oxygens (including phenoxy) is 1. The molecule has 6 rings (SSSR count). The van der Waals surface area contributed by atoms with Gasteiger partial charge in [-0.25, -0.2) is 23.7 Å². The molecule has 1 saturated heterocycles. The normalized spacial score (nSPS) is 16.3. The third-order valence-electron chi connectivity index (χ3n) is 7.20. The number of likely N-dealkylation sites (N-methyl/N-ethyl adjacent to an activating group) is 1. The van der Waals surface area contributed by atoms with Crippen LogP contribution in [0.5, 0.6) is 5.75 Å². The van der Waals surface area contributed by atoms with E-state index >= 15 is 0 Å². The molecule has 198 valence electrons. The molecule has 0 amide bonds. The van der Waals surface area contributed by atoms with Crippen molar-refractivity contribution in [2.75, 3.05) is 56.2 Å². The molecule has 2 aliphatic rings. The number of anilines is 2. The van der Waals surface area contributed by atoms with E-state index in [1.54, 1.807) is 6.07 Å². The molecule has 0 N–H and O–H groups in total. The second-order valence-electron chi connectivity index (χ2n) is 10.2. The van der Waals surface area contributed by atoms with Gasteiger partial charge in [0.05, 0.1) is 24.8 Å². The van der Waals surface area contributed by atoms with Crippen molar-refractivity contribution < 1.29 is 17.9 Å². The molecule has 0 saturated carbocycles. The maximum absolute atomic E-state index is 15.0.